The summed E-state index contributed by atoms with van der Waals surface area (Å²) in [6.45, 7) is 0.470. The highest BCUT2D eigenvalue weighted by Crippen LogP contribution is 2.15. The Morgan fingerprint density at radius 3 is 2.69 bits per heavy atom. The number of hydrogen-bond donors (Lipinski definition) is 1. The Morgan fingerprint density at radius 1 is 1.31 bits per heavy atom. The van der Waals surface area contributed by atoms with Crippen LogP contribution in [0.15, 0.2) is 29.2 Å². The maximum atomic E-state index is 11.8. The lowest BCUT2D eigenvalue weighted by Gasteiger charge is -2.06. The van der Waals surface area contributed by atoms with Crippen LogP contribution in [-0.2, 0) is 10.0 Å². The fraction of sp³-hybridized carbons (Fsp3) is 0.400. The second-order valence-corrected chi connectivity index (χ2v) is 6.53. The molecular formula is C10H13ClINO2S. The predicted octanol–water partition coefficient (Wildman–Crippen LogP) is 2.83. The molecule has 0 fully saturated rings. The highest BCUT2D eigenvalue weighted by Gasteiger charge is 2.12. The van der Waals surface area contributed by atoms with Gasteiger partial charge in [0.25, 0.3) is 0 Å². The van der Waals surface area contributed by atoms with Crippen molar-refractivity contribution in [3.8, 4) is 0 Å². The van der Waals surface area contributed by atoms with Gasteiger partial charge >= 0.3 is 0 Å². The maximum absolute atomic E-state index is 11.8. The molecule has 90 valence electrons. The molecule has 0 aromatic heterocycles. The number of nitrogens with one attached hydrogen (secondary N) is 1. The van der Waals surface area contributed by atoms with Crippen LogP contribution in [0.1, 0.15) is 12.8 Å². The zero-order valence-corrected chi connectivity index (χ0v) is 12.3. The van der Waals surface area contributed by atoms with Crippen molar-refractivity contribution in [2.45, 2.75) is 17.7 Å². The summed E-state index contributed by atoms with van der Waals surface area (Å²) in [5.41, 5.74) is 0. The number of benzene rings is 1. The maximum Gasteiger partial charge on any atom is 0.240 e. The van der Waals surface area contributed by atoms with Gasteiger partial charge in [0.05, 0.1) is 4.90 Å². The molecule has 0 aliphatic carbocycles. The van der Waals surface area contributed by atoms with Gasteiger partial charge in [0.1, 0.15) is 0 Å². The second kappa shape index (κ2) is 6.78. The van der Waals surface area contributed by atoms with Crippen molar-refractivity contribution in [1.29, 1.82) is 0 Å². The second-order valence-electron chi connectivity index (χ2n) is 3.25. The Hall–Kier alpha value is 0.150. The first-order chi connectivity index (χ1) is 7.56. The molecule has 0 atom stereocenters. The smallest absolute Gasteiger partial charge is 0.211 e. The summed E-state index contributed by atoms with van der Waals surface area (Å²) in [4.78, 5) is 0.217. The first-order valence-electron chi connectivity index (χ1n) is 4.87. The molecule has 0 saturated carbocycles. The molecular weight excluding hydrogens is 361 g/mol. The summed E-state index contributed by atoms with van der Waals surface area (Å²) in [6.07, 6.45) is 1.86. The van der Waals surface area contributed by atoms with E-state index in [0.717, 1.165) is 17.3 Å². The van der Waals surface area contributed by atoms with Crippen LogP contribution in [0.2, 0.25) is 5.02 Å². The highest BCUT2D eigenvalue weighted by molar-refractivity contribution is 14.1. The van der Waals surface area contributed by atoms with Gasteiger partial charge < -0.3 is 0 Å². The van der Waals surface area contributed by atoms with Crippen LogP contribution in [0.25, 0.3) is 0 Å². The molecule has 0 aliphatic heterocycles. The summed E-state index contributed by atoms with van der Waals surface area (Å²) in [5.74, 6) is 0. The molecule has 0 heterocycles. The van der Waals surface area contributed by atoms with Crippen molar-refractivity contribution in [3.63, 3.8) is 0 Å². The topological polar surface area (TPSA) is 46.2 Å². The van der Waals surface area contributed by atoms with Crippen molar-refractivity contribution in [1.82, 2.24) is 4.72 Å². The summed E-state index contributed by atoms with van der Waals surface area (Å²) >= 11 is 8.01. The molecule has 1 N–H and O–H groups in total. The summed E-state index contributed by atoms with van der Waals surface area (Å²) < 4.78 is 27.1. The quantitative estimate of drug-likeness (QED) is 0.473. The zero-order valence-electron chi connectivity index (χ0n) is 8.62. The molecule has 0 aliphatic rings. The van der Waals surface area contributed by atoms with E-state index >= 15 is 0 Å². The molecule has 1 aromatic rings. The minimum absolute atomic E-state index is 0.217. The van der Waals surface area contributed by atoms with Crippen molar-refractivity contribution >= 4 is 44.2 Å². The van der Waals surface area contributed by atoms with Gasteiger partial charge in [-0.3, -0.25) is 0 Å². The van der Waals surface area contributed by atoms with E-state index in [4.69, 9.17) is 11.6 Å². The average Bonchev–Trinajstić information content (AvgIpc) is 2.24. The lowest BCUT2D eigenvalue weighted by Crippen LogP contribution is -2.24. The van der Waals surface area contributed by atoms with Crippen LogP contribution >= 0.6 is 34.2 Å². The third-order valence-corrected chi connectivity index (χ3v) is 4.42. The lowest BCUT2D eigenvalue weighted by atomic mass is 10.3. The SMILES string of the molecule is O=S(=O)(NCCCCI)c1cccc(Cl)c1. The van der Waals surface area contributed by atoms with E-state index in [1.165, 1.54) is 12.1 Å². The van der Waals surface area contributed by atoms with Crippen LogP contribution in [0.3, 0.4) is 0 Å². The van der Waals surface area contributed by atoms with Crippen molar-refractivity contribution in [3.05, 3.63) is 29.3 Å². The normalized spacial score (nSPS) is 11.6. The van der Waals surface area contributed by atoms with Crippen molar-refractivity contribution in [2.24, 2.45) is 0 Å². The molecule has 6 heteroatoms. The number of rotatable bonds is 6. The third kappa shape index (κ3) is 4.57. The van der Waals surface area contributed by atoms with Gasteiger partial charge in [0.2, 0.25) is 10.0 Å². The highest BCUT2D eigenvalue weighted by atomic mass is 127. The zero-order chi connectivity index (χ0) is 12.0. The average molecular weight is 374 g/mol. The molecule has 0 radical (unpaired) electrons. The molecule has 0 saturated heterocycles. The Labute approximate surface area is 115 Å². The van der Waals surface area contributed by atoms with Gasteiger partial charge in [-0.25, -0.2) is 13.1 Å². The standard InChI is InChI=1S/C10H13ClINO2S/c11-9-4-3-5-10(8-9)16(14,15)13-7-2-1-6-12/h3-5,8,13H,1-2,6-7H2. The molecule has 0 amide bonds. The number of sulfonamides is 1. The van der Waals surface area contributed by atoms with Crippen molar-refractivity contribution < 1.29 is 8.42 Å². The van der Waals surface area contributed by atoms with E-state index in [9.17, 15) is 8.42 Å². The van der Waals surface area contributed by atoms with E-state index in [1.807, 2.05) is 0 Å². The molecule has 3 nitrogen and oxygen atoms in total. The largest absolute Gasteiger partial charge is 0.240 e. The van der Waals surface area contributed by atoms with E-state index < -0.39 is 10.0 Å². The lowest BCUT2D eigenvalue weighted by molar-refractivity contribution is 0.578. The number of hydrogen-bond acceptors (Lipinski definition) is 2. The van der Waals surface area contributed by atoms with Gasteiger partial charge in [-0.1, -0.05) is 40.3 Å². The summed E-state index contributed by atoms with van der Waals surface area (Å²) in [5, 5.41) is 0.426. The first kappa shape index (κ1) is 14.2. The first-order valence-corrected chi connectivity index (χ1v) is 8.26. The predicted molar refractivity (Wildman–Crippen MR) is 74.8 cm³/mol. The van der Waals surface area contributed by atoms with E-state index in [2.05, 4.69) is 27.3 Å². The number of halogens is 2. The third-order valence-electron chi connectivity index (χ3n) is 1.96. The minimum Gasteiger partial charge on any atom is -0.211 e. The van der Waals surface area contributed by atoms with Gasteiger partial charge in [0, 0.05) is 11.6 Å². The molecule has 16 heavy (non-hydrogen) atoms. The molecule has 0 spiro atoms. The van der Waals surface area contributed by atoms with E-state index in [0.29, 0.717) is 11.6 Å². The van der Waals surface area contributed by atoms with Crippen LogP contribution < -0.4 is 4.72 Å². The Balaban J connectivity index is 2.64. The van der Waals surface area contributed by atoms with Crippen LogP contribution in [-0.4, -0.2) is 19.4 Å². The molecule has 0 bridgehead atoms. The van der Waals surface area contributed by atoms with E-state index in [1.54, 1.807) is 12.1 Å². The number of unbranched alkanes of at least 4 members (excludes halogenated alkanes) is 1. The van der Waals surface area contributed by atoms with Gasteiger partial charge in [-0.05, 0) is 35.5 Å². The Morgan fingerprint density at radius 2 is 2.06 bits per heavy atom. The molecule has 0 unspecified atom stereocenters. The minimum atomic E-state index is -3.40. The van der Waals surface area contributed by atoms with Crippen LogP contribution in [0.5, 0.6) is 0 Å². The van der Waals surface area contributed by atoms with Crippen molar-refractivity contribution in [2.75, 3.05) is 11.0 Å². The fourth-order valence-corrected chi connectivity index (χ4v) is 3.06. The van der Waals surface area contributed by atoms with Gasteiger partial charge in [-0.2, -0.15) is 0 Å². The van der Waals surface area contributed by atoms with Gasteiger partial charge in [-0.15, -0.1) is 0 Å². The summed E-state index contributed by atoms with van der Waals surface area (Å²) in [7, 11) is -3.40. The summed E-state index contributed by atoms with van der Waals surface area (Å²) in [6, 6.07) is 6.26. The Bertz CT molecular complexity index is 436. The monoisotopic (exact) mass is 373 g/mol. The fourth-order valence-electron chi connectivity index (χ4n) is 1.14. The van der Waals surface area contributed by atoms with Crippen LogP contribution in [0.4, 0.5) is 0 Å². The molecule has 1 aromatic carbocycles. The van der Waals surface area contributed by atoms with E-state index in [-0.39, 0.29) is 4.90 Å². The molecule has 1 rings (SSSR count). The number of alkyl halides is 1. The Kier molecular flexibility index (Phi) is 6.02. The van der Waals surface area contributed by atoms with Crippen LogP contribution in [0, 0.1) is 0 Å². The van der Waals surface area contributed by atoms with Gasteiger partial charge in [0.15, 0.2) is 0 Å².